The molecular formula is C22H20N4O2. The first-order chi connectivity index (χ1) is 13.6. The molecule has 4 rings (SSSR count). The van der Waals surface area contributed by atoms with Gasteiger partial charge in [0.25, 0.3) is 5.91 Å². The smallest absolute Gasteiger partial charge is 0.277 e. The zero-order chi connectivity index (χ0) is 19.5. The van der Waals surface area contributed by atoms with Crippen LogP contribution >= 0.6 is 0 Å². The molecule has 28 heavy (non-hydrogen) atoms. The van der Waals surface area contributed by atoms with Gasteiger partial charge in [0.2, 0.25) is 0 Å². The van der Waals surface area contributed by atoms with Crippen LogP contribution in [0.5, 0.6) is 0 Å². The van der Waals surface area contributed by atoms with Gasteiger partial charge in [-0.25, -0.2) is 4.68 Å². The fourth-order valence-corrected chi connectivity index (χ4v) is 2.93. The third kappa shape index (κ3) is 3.86. The standard InChI is InChI=1S/C22H20N4O2/c1-15-7-10-17(11-8-15)13-26-14-20(24-25-26)22(27)23-19-6-4-3-5-18(19)21-12-9-16(2)28-21/h3-12,14H,13H2,1-2H3,(H,23,27). The van der Waals surface area contributed by atoms with E-state index >= 15 is 0 Å². The van der Waals surface area contributed by atoms with Crippen LogP contribution in [0.2, 0.25) is 0 Å². The summed E-state index contributed by atoms with van der Waals surface area (Å²) in [6.45, 7) is 4.49. The number of carbonyl (C=O) groups excluding carboxylic acids is 1. The highest BCUT2D eigenvalue weighted by atomic mass is 16.3. The second kappa shape index (κ2) is 7.52. The predicted molar refractivity (Wildman–Crippen MR) is 107 cm³/mol. The Labute approximate surface area is 162 Å². The fourth-order valence-electron chi connectivity index (χ4n) is 2.93. The molecule has 0 radical (unpaired) electrons. The van der Waals surface area contributed by atoms with E-state index < -0.39 is 0 Å². The van der Waals surface area contributed by atoms with E-state index in [0.29, 0.717) is 18.0 Å². The third-order valence-corrected chi connectivity index (χ3v) is 4.42. The molecule has 0 unspecified atom stereocenters. The van der Waals surface area contributed by atoms with Crippen molar-refractivity contribution < 1.29 is 9.21 Å². The normalized spacial score (nSPS) is 10.8. The topological polar surface area (TPSA) is 73.0 Å². The summed E-state index contributed by atoms with van der Waals surface area (Å²) < 4.78 is 7.35. The number of carbonyl (C=O) groups is 1. The minimum Gasteiger partial charge on any atom is -0.461 e. The highest BCUT2D eigenvalue weighted by Gasteiger charge is 2.15. The molecule has 4 aromatic rings. The van der Waals surface area contributed by atoms with Crippen molar-refractivity contribution in [3.8, 4) is 11.3 Å². The van der Waals surface area contributed by atoms with Crippen LogP contribution in [-0.4, -0.2) is 20.9 Å². The monoisotopic (exact) mass is 372 g/mol. The van der Waals surface area contributed by atoms with Gasteiger partial charge in [-0.1, -0.05) is 47.2 Å². The lowest BCUT2D eigenvalue weighted by Crippen LogP contribution is -2.13. The number of aromatic nitrogens is 3. The number of furan rings is 1. The summed E-state index contributed by atoms with van der Waals surface area (Å²) in [6.07, 6.45) is 1.65. The molecule has 2 aromatic carbocycles. The first-order valence-corrected chi connectivity index (χ1v) is 9.01. The Morgan fingerprint density at radius 1 is 1.04 bits per heavy atom. The zero-order valence-corrected chi connectivity index (χ0v) is 15.7. The molecule has 0 aliphatic rings. The van der Waals surface area contributed by atoms with Crippen LogP contribution in [-0.2, 0) is 6.54 Å². The Bertz CT molecular complexity index is 1110. The summed E-state index contributed by atoms with van der Waals surface area (Å²) in [5.41, 5.74) is 4.04. The van der Waals surface area contributed by atoms with Crippen LogP contribution < -0.4 is 5.32 Å². The van der Waals surface area contributed by atoms with Gasteiger partial charge in [-0.2, -0.15) is 0 Å². The molecule has 140 valence electrons. The number of nitrogens with zero attached hydrogens (tertiary/aromatic N) is 3. The van der Waals surface area contributed by atoms with E-state index in [1.165, 1.54) is 5.56 Å². The molecule has 6 nitrogen and oxygen atoms in total. The number of rotatable bonds is 5. The van der Waals surface area contributed by atoms with Crippen molar-refractivity contribution in [3.63, 3.8) is 0 Å². The number of hydrogen-bond donors (Lipinski definition) is 1. The van der Waals surface area contributed by atoms with Crippen molar-refractivity contribution in [1.82, 2.24) is 15.0 Å². The van der Waals surface area contributed by atoms with Crippen LogP contribution in [0.25, 0.3) is 11.3 Å². The second-order valence-electron chi connectivity index (χ2n) is 6.70. The van der Waals surface area contributed by atoms with Gasteiger partial charge in [-0.05, 0) is 43.7 Å². The van der Waals surface area contributed by atoms with E-state index in [2.05, 4.69) is 15.6 Å². The Balaban J connectivity index is 1.51. The molecule has 0 bridgehead atoms. The molecule has 1 N–H and O–H groups in total. The van der Waals surface area contributed by atoms with E-state index in [0.717, 1.165) is 16.9 Å². The van der Waals surface area contributed by atoms with Crippen LogP contribution in [0.4, 0.5) is 5.69 Å². The van der Waals surface area contributed by atoms with Crippen LogP contribution in [0.1, 0.15) is 27.4 Å². The van der Waals surface area contributed by atoms with Gasteiger partial charge in [0.15, 0.2) is 5.69 Å². The molecule has 0 atom stereocenters. The maximum atomic E-state index is 12.7. The Hall–Kier alpha value is -3.67. The lowest BCUT2D eigenvalue weighted by atomic mass is 10.1. The van der Waals surface area contributed by atoms with E-state index in [1.54, 1.807) is 10.9 Å². The minimum absolute atomic E-state index is 0.262. The zero-order valence-electron chi connectivity index (χ0n) is 15.7. The highest BCUT2D eigenvalue weighted by molar-refractivity contribution is 6.04. The van der Waals surface area contributed by atoms with Crippen molar-refractivity contribution >= 4 is 11.6 Å². The maximum Gasteiger partial charge on any atom is 0.277 e. The summed E-state index contributed by atoms with van der Waals surface area (Å²) in [5.74, 6) is 1.21. The Kier molecular flexibility index (Phi) is 4.76. The molecular weight excluding hydrogens is 352 g/mol. The Morgan fingerprint density at radius 3 is 2.57 bits per heavy atom. The van der Waals surface area contributed by atoms with Crippen LogP contribution in [0.3, 0.4) is 0 Å². The number of amides is 1. The largest absolute Gasteiger partial charge is 0.461 e. The van der Waals surface area contributed by atoms with E-state index in [4.69, 9.17) is 4.42 Å². The molecule has 0 spiro atoms. The van der Waals surface area contributed by atoms with Crippen LogP contribution in [0, 0.1) is 13.8 Å². The highest BCUT2D eigenvalue weighted by Crippen LogP contribution is 2.29. The number of aryl methyl sites for hydroxylation is 2. The van der Waals surface area contributed by atoms with Gasteiger partial charge >= 0.3 is 0 Å². The average Bonchev–Trinajstić information content (AvgIpc) is 3.33. The van der Waals surface area contributed by atoms with Gasteiger partial charge in [0, 0.05) is 5.56 Å². The van der Waals surface area contributed by atoms with Gasteiger partial charge in [-0.15, -0.1) is 5.10 Å². The number of hydrogen-bond acceptors (Lipinski definition) is 4. The lowest BCUT2D eigenvalue weighted by Gasteiger charge is -2.08. The molecule has 0 saturated heterocycles. The first kappa shape index (κ1) is 17.7. The summed E-state index contributed by atoms with van der Waals surface area (Å²) in [5, 5.41) is 11.0. The quantitative estimate of drug-likeness (QED) is 0.561. The minimum atomic E-state index is -0.314. The van der Waals surface area contributed by atoms with Gasteiger partial charge < -0.3 is 9.73 Å². The number of benzene rings is 2. The molecule has 2 heterocycles. The molecule has 0 aliphatic heterocycles. The lowest BCUT2D eigenvalue weighted by molar-refractivity contribution is 0.102. The summed E-state index contributed by atoms with van der Waals surface area (Å²) in [7, 11) is 0. The fraction of sp³-hybridized carbons (Fsp3) is 0.136. The molecule has 0 saturated carbocycles. The third-order valence-electron chi connectivity index (χ3n) is 4.42. The molecule has 2 aromatic heterocycles. The molecule has 1 amide bonds. The van der Waals surface area contributed by atoms with E-state index in [1.807, 2.05) is 74.5 Å². The maximum absolute atomic E-state index is 12.7. The van der Waals surface area contributed by atoms with Crippen molar-refractivity contribution in [2.45, 2.75) is 20.4 Å². The van der Waals surface area contributed by atoms with Crippen molar-refractivity contribution in [2.75, 3.05) is 5.32 Å². The van der Waals surface area contributed by atoms with Gasteiger partial charge in [0.1, 0.15) is 11.5 Å². The Morgan fingerprint density at radius 2 is 1.82 bits per heavy atom. The summed E-state index contributed by atoms with van der Waals surface area (Å²) >= 11 is 0. The van der Waals surface area contributed by atoms with Gasteiger partial charge in [-0.3, -0.25) is 4.79 Å². The number of nitrogens with one attached hydrogen (secondary N) is 1. The number of anilines is 1. The first-order valence-electron chi connectivity index (χ1n) is 9.01. The van der Waals surface area contributed by atoms with E-state index in [9.17, 15) is 4.79 Å². The van der Waals surface area contributed by atoms with Crippen molar-refractivity contribution in [2.24, 2.45) is 0 Å². The van der Waals surface area contributed by atoms with E-state index in [-0.39, 0.29) is 11.6 Å². The average molecular weight is 372 g/mol. The molecule has 6 heteroatoms. The van der Waals surface area contributed by atoms with Crippen molar-refractivity contribution in [1.29, 1.82) is 0 Å². The second-order valence-corrected chi connectivity index (χ2v) is 6.70. The molecule has 0 aliphatic carbocycles. The summed E-state index contributed by atoms with van der Waals surface area (Å²) in [4.78, 5) is 12.7. The number of para-hydroxylation sites is 1. The SMILES string of the molecule is Cc1ccc(Cn2cc(C(=O)Nc3ccccc3-c3ccc(C)o3)nn2)cc1. The summed E-state index contributed by atoms with van der Waals surface area (Å²) in [6, 6.07) is 19.5. The predicted octanol–water partition coefficient (Wildman–Crippen LogP) is 4.46. The van der Waals surface area contributed by atoms with Gasteiger partial charge in [0.05, 0.1) is 18.4 Å². The van der Waals surface area contributed by atoms with Crippen molar-refractivity contribution in [3.05, 3.63) is 89.4 Å². The van der Waals surface area contributed by atoms with Crippen LogP contribution in [0.15, 0.2) is 71.3 Å². The molecule has 0 fully saturated rings.